The van der Waals surface area contributed by atoms with Gasteiger partial charge in [0.25, 0.3) is 0 Å². The molecule has 0 aromatic rings. The molecule has 0 aromatic carbocycles. The van der Waals surface area contributed by atoms with Crippen LogP contribution in [0.5, 0.6) is 0 Å². The monoisotopic (exact) mass is 150 g/mol. The van der Waals surface area contributed by atoms with Crippen molar-refractivity contribution >= 4 is 5.78 Å². The minimum atomic E-state index is 0.0503. The van der Waals surface area contributed by atoms with Crippen molar-refractivity contribution in [2.75, 3.05) is 0 Å². The molecule has 0 atom stereocenters. The van der Waals surface area contributed by atoms with E-state index in [1.165, 1.54) is 6.08 Å². The molecule has 0 unspecified atom stereocenters. The van der Waals surface area contributed by atoms with Crippen LogP contribution in [0.15, 0.2) is 36.1 Å². The van der Waals surface area contributed by atoms with E-state index in [9.17, 15) is 4.79 Å². The third kappa shape index (κ3) is 2.08. The lowest BCUT2D eigenvalue weighted by molar-refractivity contribution is -0.111. The van der Waals surface area contributed by atoms with Crippen molar-refractivity contribution in [2.45, 2.75) is 12.8 Å². The molecular weight excluding hydrogens is 140 g/mol. The number of rotatable bonds is 1. The van der Waals surface area contributed by atoms with Gasteiger partial charge in [-0.15, -0.1) is 0 Å². The van der Waals surface area contributed by atoms with Crippen LogP contribution < -0.4 is 0 Å². The summed E-state index contributed by atoms with van der Waals surface area (Å²) < 4.78 is 0. The first-order chi connectivity index (χ1) is 5.34. The molecular formula is C9H10O2. The Hall–Kier alpha value is -1.31. The van der Waals surface area contributed by atoms with E-state index in [1.54, 1.807) is 12.2 Å². The Bertz CT molecular complexity index is 234. The third-order valence-electron chi connectivity index (χ3n) is 1.55. The fourth-order valence-electron chi connectivity index (χ4n) is 0.984. The first kappa shape index (κ1) is 7.79. The summed E-state index contributed by atoms with van der Waals surface area (Å²) >= 11 is 0. The summed E-state index contributed by atoms with van der Waals surface area (Å²) in [7, 11) is 0. The highest BCUT2D eigenvalue weighted by atomic mass is 16.2. The lowest BCUT2D eigenvalue weighted by atomic mass is 10.00. The summed E-state index contributed by atoms with van der Waals surface area (Å²) in [5.41, 5.74) is 0.762. The van der Waals surface area contributed by atoms with Gasteiger partial charge in [-0.25, -0.2) is 0 Å². The summed E-state index contributed by atoms with van der Waals surface area (Å²) in [4.78, 5) is 11.0. The van der Waals surface area contributed by atoms with Gasteiger partial charge in [-0.1, -0.05) is 12.2 Å². The molecule has 0 fully saturated rings. The highest BCUT2D eigenvalue weighted by molar-refractivity contribution is 6.04. The predicted octanol–water partition coefficient (Wildman–Crippen LogP) is 1.90. The van der Waals surface area contributed by atoms with Crippen LogP contribution in [-0.4, -0.2) is 10.9 Å². The second-order valence-electron chi connectivity index (χ2n) is 2.34. The lowest BCUT2D eigenvalue weighted by Crippen LogP contribution is -2.01. The molecule has 2 heteroatoms. The summed E-state index contributed by atoms with van der Waals surface area (Å²) in [5, 5.41) is 8.33. The summed E-state index contributed by atoms with van der Waals surface area (Å²) in [6.07, 6.45) is 9.16. The average Bonchev–Trinajstić information content (AvgIpc) is 2.03. The SMILES string of the molecule is O=C1C=CCC/C1=C/C=C/O. The number of ketones is 1. The summed E-state index contributed by atoms with van der Waals surface area (Å²) in [6, 6.07) is 0. The summed E-state index contributed by atoms with van der Waals surface area (Å²) in [5.74, 6) is 0.0503. The van der Waals surface area contributed by atoms with Crippen LogP contribution in [0.4, 0.5) is 0 Å². The highest BCUT2D eigenvalue weighted by Gasteiger charge is 2.07. The Morgan fingerprint density at radius 2 is 2.36 bits per heavy atom. The molecule has 11 heavy (non-hydrogen) atoms. The van der Waals surface area contributed by atoms with Gasteiger partial charge < -0.3 is 5.11 Å². The van der Waals surface area contributed by atoms with Crippen molar-refractivity contribution in [3.05, 3.63) is 36.1 Å². The Morgan fingerprint density at radius 3 is 3.00 bits per heavy atom. The Balaban J connectivity index is 2.72. The first-order valence-electron chi connectivity index (χ1n) is 3.55. The zero-order valence-electron chi connectivity index (χ0n) is 6.16. The quantitative estimate of drug-likeness (QED) is 0.458. The lowest BCUT2D eigenvalue weighted by Gasteiger charge is -2.04. The van der Waals surface area contributed by atoms with Gasteiger partial charge in [-0.05, 0) is 30.6 Å². The fourth-order valence-corrected chi connectivity index (χ4v) is 0.984. The van der Waals surface area contributed by atoms with Crippen LogP contribution in [0.2, 0.25) is 0 Å². The fraction of sp³-hybridized carbons (Fsp3) is 0.222. The van der Waals surface area contributed by atoms with Gasteiger partial charge in [0, 0.05) is 0 Å². The van der Waals surface area contributed by atoms with Gasteiger partial charge >= 0.3 is 0 Å². The molecule has 0 radical (unpaired) electrons. The number of carbonyl (C=O) groups excluding carboxylic acids is 1. The topological polar surface area (TPSA) is 37.3 Å². The van der Waals surface area contributed by atoms with Gasteiger partial charge in [0.05, 0.1) is 6.26 Å². The molecule has 2 nitrogen and oxygen atoms in total. The van der Waals surface area contributed by atoms with E-state index in [1.807, 2.05) is 6.08 Å². The van der Waals surface area contributed by atoms with Gasteiger partial charge in [0.15, 0.2) is 5.78 Å². The second-order valence-corrected chi connectivity index (χ2v) is 2.34. The zero-order valence-corrected chi connectivity index (χ0v) is 6.16. The number of aliphatic hydroxyl groups is 1. The molecule has 0 aliphatic heterocycles. The van der Waals surface area contributed by atoms with Crippen LogP contribution in [0.1, 0.15) is 12.8 Å². The number of aliphatic hydroxyl groups excluding tert-OH is 1. The maximum Gasteiger partial charge on any atom is 0.181 e. The maximum absolute atomic E-state index is 11.0. The van der Waals surface area contributed by atoms with Crippen LogP contribution in [0.25, 0.3) is 0 Å². The molecule has 0 bridgehead atoms. The first-order valence-corrected chi connectivity index (χ1v) is 3.55. The van der Waals surface area contributed by atoms with E-state index in [4.69, 9.17) is 5.11 Å². The van der Waals surface area contributed by atoms with Gasteiger partial charge in [-0.3, -0.25) is 4.79 Å². The van der Waals surface area contributed by atoms with Gasteiger partial charge in [-0.2, -0.15) is 0 Å². The number of allylic oxidation sites excluding steroid dienone is 5. The van der Waals surface area contributed by atoms with Crippen LogP contribution in [0, 0.1) is 0 Å². The molecule has 0 saturated heterocycles. The normalized spacial score (nSPS) is 21.8. The highest BCUT2D eigenvalue weighted by Crippen LogP contribution is 2.13. The smallest absolute Gasteiger partial charge is 0.181 e. The Labute approximate surface area is 65.5 Å². The van der Waals surface area contributed by atoms with Crippen LogP contribution >= 0.6 is 0 Å². The number of hydrogen-bond acceptors (Lipinski definition) is 2. The van der Waals surface area contributed by atoms with Gasteiger partial charge in [0.2, 0.25) is 0 Å². The van der Waals surface area contributed by atoms with E-state index >= 15 is 0 Å². The van der Waals surface area contributed by atoms with Crippen LogP contribution in [-0.2, 0) is 4.79 Å². The van der Waals surface area contributed by atoms with E-state index in [0.717, 1.165) is 24.7 Å². The third-order valence-corrected chi connectivity index (χ3v) is 1.55. The molecule has 1 rings (SSSR count). The van der Waals surface area contributed by atoms with E-state index in [0.29, 0.717) is 0 Å². The zero-order chi connectivity index (χ0) is 8.10. The molecule has 58 valence electrons. The van der Waals surface area contributed by atoms with Crippen molar-refractivity contribution in [1.29, 1.82) is 0 Å². The molecule has 1 aliphatic rings. The van der Waals surface area contributed by atoms with E-state index in [-0.39, 0.29) is 5.78 Å². The van der Waals surface area contributed by atoms with Crippen LogP contribution in [0.3, 0.4) is 0 Å². The Kier molecular flexibility index (Phi) is 2.66. The molecule has 0 aromatic heterocycles. The van der Waals surface area contributed by atoms with Crippen molar-refractivity contribution in [2.24, 2.45) is 0 Å². The maximum atomic E-state index is 11.0. The minimum Gasteiger partial charge on any atom is -0.516 e. The average molecular weight is 150 g/mol. The largest absolute Gasteiger partial charge is 0.516 e. The number of carbonyl (C=O) groups is 1. The van der Waals surface area contributed by atoms with E-state index in [2.05, 4.69) is 0 Å². The molecule has 1 N–H and O–H groups in total. The minimum absolute atomic E-state index is 0.0503. The van der Waals surface area contributed by atoms with Crippen molar-refractivity contribution in [3.8, 4) is 0 Å². The molecule has 1 aliphatic carbocycles. The number of hydrogen-bond donors (Lipinski definition) is 1. The van der Waals surface area contributed by atoms with Gasteiger partial charge in [0.1, 0.15) is 0 Å². The predicted molar refractivity (Wildman–Crippen MR) is 43.2 cm³/mol. The molecule has 0 amide bonds. The summed E-state index contributed by atoms with van der Waals surface area (Å²) in [6.45, 7) is 0. The van der Waals surface area contributed by atoms with Crippen molar-refractivity contribution in [1.82, 2.24) is 0 Å². The second kappa shape index (κ2) is 3.76. The van der Waals surface area contributed by atoms with Crippen molar-refractivity contribution < 1.29 is 9.90 Å². The molecule has 0 spiro atoms. The molecule has 0 heterocycles. The standard InChI is InChI=1S/C9H10O2/c10-7-3-5-8-4-1-2-6-9(8)11/h2-3,5-7,10H,1,4H2/b7-3+,8-5-. The van der Waals surface area contributed by atoms with Crippen molar-refractivity contribution in [3.63, 3.8) is 0 Å². The molecule has 0 saturated carbocycles. The van der Waals surface area contributed by atoms with E-state index < -0.39 is 0 Å². The Morgan fingerprint density at radius 1 is 1.55 bits per heavy atom.